The number of alkyl halides is 3. The Labute approximate surface area is 186 Å². The average molecular weight is 516 g/mol. The van der Waals surface area contributed by atoms with Gasteiger partial charge in [0.05, 0.1) is 10.5 Å². The maximum absolute atomic E-state index is 13.2. The largest absolute Gasteiger partial charge is 0.506 e. The summed E-state index contributed by atoms with van der Waals surface area (Å²) in [7, 11) is 0. The first kappa shape index (κ1) is 22.6. The number of carbonyl (C=O) groups is 1. The number of amides is 1. The number of benzene rings is 3. The van der Waals surface area contributed by atoms with Crippen LogP contribution in [0.25, 0.3) is 11.1 Å². The lowest BCUT2D eigenvalue weighted by molar-refractivity contribution is -0.388. The molecule has 31 heavy (non-hydrogen) atoms. The van der Waals surface area contributed by atoms with E-state index in [1.54, 1.807) is 30.3 Å². The van der Waals surface area contributed by atoms with Crippen LogP contribution in [-0.4, -0.2) is 15.9 Å². The predicted molar refractivity (Wildman–Crippen MR) is 112 cm³/mol. The number of halogens is 5. The van der Waals surface area contributed by atoms with E-state index in [4.69, 9.17) is 11.6 Å². The molecule has 6 nitrogen and oxygen atoms in total. The number of nitro benzene ring substituents is 1. The van der Waals surface area contributed by atoms with Gasteiger partial charge in [-0.15, -0.1) is 0 Å². The highest BCUT2D eigenvalue weighted by Gasteiger charge is 2.38. The second-order valence-electron chi connectivity index (χ2n) is 6.30. The summed E-state index contributed by atoms with van der Waals surface area (Å²) in [6.45, 7) is 0. The van der Waals surface area contributed by atoms with Gasteiger partial charge in [0.1, 0.15) is 11.3 Å². The fourth-order valence-corrected chi connectivity index (χ4v) is 3.40. The van der Waals surface area contributed by atoms with E-state index < -0.39 is 34.0 Å². The van der Waals surface area contributed by atoms with Crippen molar-refractivity contribution in [3.8, 4) is 16.9 Å². The van der Waals surface area contributed by atoms with Crippen molar-refractivity contribution in [3.05, 3.63) is 85.3 Å². The molecular formula is C20H11BrClF3N2O4. The second-order valence-corrected chi connectivity index (χ2v) is 7.65. The van der Waals surface area contributed by atoms with Crippen LogP contribution in [0, 0.1) is 10.1 Å². The van der Waals surface area contributed by atoms with Gasteiger partial charge in [-0.1, -0.05) is 39.7 Å². The minimum absolute atomic E-state index is 0.216. The van der Waals surface area contributed by atoms with Crippen LogP contribution in [-0.2, 0) is 6.18 Å². The van der Waals surface area contributed by atoms with Crippen LogP contribution in [0.15, 0.2) is 59.1 Å². The van der Waals surface area contributed by atoms with Crippen molar-refractivity contribution < 1.29 is 28.0 Å². The molecular weight excluding hydrogens is 505 g/mol. The van der Waals surface area contributed by atoms with Gasteiger partial charge >= 0.3 is 6.18 Å². The third-order valence-corrected chi connectivity index (χ3v) is 4.94. The Kier molecular flexibility index (Phi) is 6.23. The smallest absolute Gasteiger partial charge is 0.423 e. The van der Waals surface area contributed by atoms with E-state index in [0.717, 1.165) is 6.07 Å². The molecule has 160 valence electrons. The molecule has 0 saturated carbocycles. The molecule has 3 aromatic rings. The first-order chi connectivity index (χ1) is 14.5. The first-order valence-corrected chi connectivity index (χ1v) is 9.60. The topological polar surface area (TPSA) is 92.5 Å². The van der Waals surface area contributed by atoms with Gasteiger partial charge in [0.15, 0.2) is 0 Å². The Morgan fingerprint density at radius 3 is 2.32 bits per heavy atom. The molecule has 0 saturated heterocycles. The number of phenolic OH excluding ortho intramolecular Hbond substituents is 1. The summed E-state index contributed by atoms with van der Waals surface area (Å²) in [4.78, 5) is 22.4. The highest BCUT2D eigenvalue weighted by Crippen LogP contribution is 2.39. The predicted octanol–water partition coefficient (Wildman–Crippen LogP) is 6.65. The Balaban J connectivity index is 1.99. The maximum Gasteiger partial charge on any atom is 0.423 e. The van der Waals surface area contributed by atoms with Crippen molar-refractivity contribution in [2.75, 3.05) is 5.32 Å². The SMILES string of the molecule is O=C(Nc1ccc([N+](=O)[O-])c(C(F)(F)F)c1)c1cc(Br)cc(-c2ccc(Cl)cc2)c1O. The summed E-state index contributed by atoms with van der Waals surface area (Å²) in [5.41, 5.74) is -2.35. The molecule has 0 unspecified atom stereocenters. The summed E-state index contributed by atoms with van der Waals surface area (Å²) >= 11 is 9.09. The van der Waals surface area contributed by atoms with E-state index in [-0.39, 0.29) is 16.8 Å². The highest BCUT2D eigenvalue weighted by molar-refractivity contribution is 9.10. The summed E-state index contributed by atoms with van der Waals surface area (Å²) in [5, 5.41) is 24.2. The van der Waals surface area contributed by atoms with E-state index >= 15 is 0 Å². The fourth-order valence-electron chi connectivity index (χ4n) is 2.82. The van der Waals surface area contributed by atoms with E-state index in [1.807, 2.05) is 0 Å². The quantitative estimate of drug-likeness (QED) is 0.300. The Bertz CT molecular complexity index is 1180. The monoisotopic (exact) mass is 514 g/mol. The summed E-state index contributed by atoms with van der Waals surface area (Å²) < 4.78 is 39.9. The fraction of sp³-hybridized carbons (Fsp3) is 0.0500. The molecule has 3 rings (SSSR count). The van der Waals surface area contributed by atoms with Gasteiger partial charge in [-0.3, -0.25) is 14.9 Å². The molecule has 0 aromatic heterocycles. The van der Waals surface area contributed by atoms with Crippen LogP contribution < -0.4 is 5.32 Å². The maximum atomic E-state index is 13.2. The molecule has 0 fully saturated rings. The number of nitrogens with zero attached hydrogens (tertiary/aromatic N) is 1. The van der Waals surface area contributed by atoms with Crippen LogP contribution in [0.1, 0.15) is 15.9 Å². The normalized spacial score (nSPS) is 11.3. The van der Waals surface area contributed by atoms with Gasteiger partial charge in [-0.05, 0) is 42.0 Å². The number of rotatable bonds is 4. The lowest BCUT2D eigenvalue weighted by atomic mass is 10.0. The number of phenols is 1. The first-order valence-electron chi connectivity index (χ1n) is 8.43. The van der Waals surface area contributed by atoms with Gasteiger partial charge in [-0.2, -0.15) is 13.2 Å². The Hall–Kier alpha value is -3.11. The highest BCUT2D eigenvalue weighted by atomic mass is 79.9. The van der Waals surface area contributed by atoms with Crippen molar-refractivity contribution in [3.63, 3.8) is 0 Å². The molecule has 0 aliphatic carbocycles. The molecule has 2 N–H and O–H groups in total. The summed E-state index contributed by atoms with van der Waals surface area (Å²) in [5.74, 6) is -1.31. The van der Waals surface area contributed by atoms with E-state index in [9.17, 15) is 33.2 Å². The molecule has 3 aromatic carbocycles. The number of aromatic hydroxyl groups is 1. The molecule has 11 heteroatoms. The van der Waals surface area contributed by atoms with Crippen molar-refractivity contribution in [1.82, 2.24) is 0 Å². The number of nitro groups is 1. The molecule has 0 spiro atoms. The number of anilines is 1. The molecule has 0 radical (unpaired) electrons. The zero-order valence-corrected chi connectivity index (χ0v) is 17.5. The third kappa shape index (κ3) is 4.97. The molecule has 0 atom stereocenters. The van der Waals surface area contributed by atoms with Crippen LogP contribution >= 0.6 is 27.5 Å². The molecule has 0 bridgehead atoms. The minimum atomic E-state index is -5.00. The van der Waals surface area contributed by atoms with E-state index in [1.165, 1.54) is 6.07 Å². The van der Waals surface area contributed by atoms with Crippen molar-refractivity contribution in [2.24, 2.45) is 0 Å². The Morgan fingerprint density at radius 1 is 1.10 bits per heavy atom. The molecule has 1 amide bonds. The zero-order valence-electron chi connectivity index (χ0n) is 15.2. The zero-order chi connectivity index (χ0) is 22.9. The summed E-state index contributed by atoms with van der Waals surface area (Å²) in [6, 6.07) is 11.4. The van der Waals surface area contributed by atoms with E-state index in [0.29, 0.717) is 27.2 Å². The van der Waals surface area contributed by atoms with Crippen LogP contribution in [0.3, 0.4) is 0 Å². The molecule has 0 aliphatic rings. The van der Waals surface area contributed by atoms with Gasteiger partial charge < -0.3 is 10.4 Å². The van der Waals surface area contributed by atoms with Gasteiger partial charge in [0.2, 0.25) is 0 Å². The van der Waals surface area contributed by atoms with E-state index in [2.05, 4.69) is 21.2 Å². The van der Waals surface area contributed by atoms with Gasteiger partial charge in [-0.25, -0.2) is 0 Å². The number of hydrogen-bond acceptors (Lipinski definition) is 4. The molecule has 0 heterocycles. The van der Waals surface area contributed by atoms with Crippen LogP contribution in [0.5, 0.6) is 5.75 Å². The second kappa shape index (κ2) is 8.56. The van der Waals surface area contributed by atoms with Crippen LogP contribution in [0.2, 0.25) is 5.02 Å². The molecule has 0 aliphatic heterocycles. The van der Waals surface area contributed by atoms with Crippen molar-refractivity contribution >= 4 is 44.8 Å². The number of nitrogens with one attached hydrogen (secondary N) is 1. The standard InChI is InChI=1S/C20H11BrClF3N2O4/c21-11-7-14(10-1-3-12(22)4-2-10)18(28)15(8-11)19(29)26-13-5-6-17(27(30)31)16(9-13)20(23,24)25/h1-9,28H,(H,26,29). The Morgan fingerprint density at radius 2 is 1.74 bits per heavy atom. The summed E-state index contributed by atoms with van der Waals surface area (Å²) in [6.07, 6.45) is -5.00. The van der Waals surface area contributed by atoms with Gasteiger partial charge in [0.25, 0.3) is 11.6 Å². The van der Waals surface area contributed by atoms with Gasteiger partial charge in [0, 0.05) is 26.8 Å². The van der Waals surface area contributed by atoms with Crippen molar-refractivity contribution in [2.45, 2.75) is 6.18 Å². The van der Waals surface area contributed by atoms with Crippen molar-refractivity contribution in [1.29, 1.82) is 0 Å². The number of carbonyl (C=O) groups excluding carboxylic acids is 1. The third-order valence-electron chi connectivity index (χ3n) is 4.23. The number of hydrogen-bond donors (Lipinski definition) is 2. The van der Waals surface area contributed by atoms with Crippen LogP contribution in [0.4, 0.5) is 24.5 Å². The lowest BCUT2D eigenvalue weighted by Gasteiger charge is -2.13. The lowest BCUT2D eigenvalue weighted by Crippen LogP contribution is -2.15. The minimum Gasteiger partial charge on any atom is -0.506 e. The average Bonchev–Trinajstić information content (AvgIpc) is 2.69.